The van der Waals surface area contributed by atoms with Gasteiger partial charge in [0.25, 0.3) is 5.91 Å². The quantitative estimate of drug-likeness (QED) is 0.840. The van der Waals surface area contributed by atoms with Crippen molar-refractivity contribution in [2.24, 2.45) is 0 Å². The summed E-state index contributed by atoms with van der Waals surface area (Å²) in [5, 5.41) is 0.112. The van der Waals surface area contributed by atoms with Gasteiger partial charge in [-0.15, -0.1) is 0 Å². The Hall–Kier alpha value is -2.27. The van der Waals surface area contributed by atoms with Crippen LogP contribution in [0.2, 0.25) is 5.02 Å². The SMILES string of the molecule is CCN(Cc1ccc2c(c1)OCCO2)C(=O)c1ccc(F)cc1Cl. The summed E-state index contributed by atoms with van der Waals surface area (Å²) in [4.78, 5) is 14.3. The summed E-state index contributed by atoms with van der Waals surface area (Å²) in [6.07, 6.45) is 0. The van der Waals surface area contributed by atoms with Crippen LogP contribution in [0.15, 0.2) is 36.4 Å². The van der Waals surface area contributed by atoms with Crippen LogP contribution < -0.4 is 9.47 Å². The molecule has 0 unspecified atom stereocenters. The standard InChI is InChI=1S/C18H17ClFNO3/c1-2-21(18(22)14-5-4-13(20)10-15(14)19)11-12-3-6-16-17(9-12)24-8-7-23-16/h3-6,9-10H,2,7-8,11H2,1H3. The lowest BCUT2D eigenvalue weighted by Crippen LogP contribution is -2.30. The predicted octanol–water partition coefficient (Wildman–Crippen LogP) is 3.91. The van der Waals surface area contributed by atoms with Crippen molar-refractivity contribution in [3.63, 3.8) is 0 Å². The second kappa shape index (κ2) is 7.09. The summed E-state index contributed by atoms with van der Waals surface area (Å²) in [6.45, 7) is 3.83. The van der Waals surface area contributed by atoms with Gasteiger partial charge in [-0.3, -0.25) is 4.79 Å². The highest BCUT2D eigenvalue weighted by atomic mass is 35.5. The van der Waals surface area contributed by atoms with E-state index in [1.165, 1.54) is 12.1 Å². The van der Waals surface area contributed by atoms with E-state index in [9.17, 15) is 9.18 Å². The highest BCUT2D eigenvalue weighted by molar-refractivity contribution is 6.33. The van der Waals surface area contributed by atoms with Crippen molar-refractivity contribution in [3.05, 3.63) is 58.4 Å². The second-order valence-corrected chi connectivity index (χ2v) is 5.83. The Balaban J connectivity index is 1.80. The van der Waals surface area contributed by atoms with Gasteiger partial charge >= 0.3 is 0 Å². The Labute approximate surface area is 144 Å². The molecule has 0 saturated heterocycles. The molecule has 1 aliphatic heterocycles. The van der Waals surface area contributed by atoms with Gasteiger partial charge in [-0.2, -0.15) is 0 Å². The van der Waals surface area contributed by atoms with E-state index in [2.05, 4.69) is 0 Å². The Kier molecular flexibility index (Phi) is 4.90. The number of hydrogen-bond donors (Lipinski definition) is 0. The summed E-state index contributed by atoms with van der Waals surface area (Å²) in [7, 11) is 0. The van der Waals surface area contributed by atoms with Crippen molar-refractivity contribution in [3.8, 4) is 11.5 Å². The Morgan fingerprint density at radius 1 is 1.17 bits per heavy atom. The summed E-state index contributed by atoms with van der Waals surface area (Å²) in [5.74, 6) is 0.687. The van der Waals surface area contributed by atoms with E-state index in [-0.39, 0.29) is 16.5 Å². The van der Waals surface area contributed by atoms with Crippen LogP contribution >= 0.6 is 11.6 Å². The molecular formula is C18H17ClFNO3. The van der Waals surface area contributed by atoms with Gasteiger partial charge in [-0.25, -0.2) is 4.39 Å². The maximum absolute atomic E-state index is 13.2. The van der Waals surface area contributed by atoms with Crippen LogP contribution in [0.3, 0.4) is 0 Å². The topological polar surface area (TPSA) is 38.8 Å². The molecule has 1 heterocycles. The monoisotopic (exact) mass is 349 g/mol. The molecule has 0 bridgehead atoms. The molecule has 2 aromatic rings. The molecule has 1 amide bonds. The van der Waals surface area contributed by atoms with Gasteiger partial charge in [0.05, 0.1) is 10.6 Å². The number of benzene rings is 2. The van der Waals surface area contributed by atoms with E-state index in [1.807, 2.05) is 25.1 Å². The third-order valence-corrected chi connectivity index (χ3v) is 4.12. The molecule has 4 nitrogen and oxygen atoms in total. The van der Waals surface area contributed by atoms with E-state index < -0.39 is 5.82 Å². The molecule has 0 fully saturated rings. The van der Waals surface area contributed by atoms with Crippen LogP contribution in [-0.2, 0) is 6.54 Å². The van der Waals surface area contributed by atoms with Gasteiger partial charge in [0, 0.05) is 13.1 Å². The van der Waals surface area contributed by atoms with E-state index in [0.29, 0.717) is 37.8 Å². The smallest absolute Gasteiger partial charge is 0.255 e. The number of carbonyl (C=O) groups is 1. The third-order valence-electron chi connectivity index (χ3n) is 3.81. The van der Waals surface area contributed by atoms with Crippen LogP contribution in [0, 0.1) is 5.82 Å². The minimum Gasteiger partial charge on any atom is -0.486 e. The second-order valence-electron chi connectivity index (χ2n) is 5.42. The lowest BCUT2D eigenvalue weighted by Gasteiger charge is -2.23. The first kappa shape index (κ1) is 16.6. The molecule has 0 aromatic heterocycles. The maximum atomic E-state index is 13.2. The zero-order valence-corrected chi connectivity index (χ0v) is 14.0. The largest absolute Gasteiger partial charge is 0.486 e. The minimum atomic E-state index is -0.466. The molecule has 0 atom stereocenters. The van der Waals surface area contributed by atoms with Crippen LogP contribution in [0.5, 0.6) is 11.5 Å². The maximum Gasteiger partial charge on any atom is 0.255 e. The Bertz CT molecular complexity index is 766. The lowest BCUT2D eigenvalue weighted by molar-refractivity contribution is 0.0752. The van der Waals surface area contributed by atoms with Crippen LogP contribution in [0.1, 0.15) is 22.8 Å². The average molecular weight is 350 g/mol. The number of nitrogens with zero attached hydrogens (tertiary/aromatic N) is 1. The first-order chi connectivity index (χ1) is 11.6. The first-order valence-electron chi connectivity index (χ1n) is 7.71. The van der Waals surface area contributed by atoms with Crippen molar-refractivity contribution in [2.45, 2.75) is 13.5 Å². The summed E-state index contributed by atoms with van der Waals surface area (Å²) >= 11 is 6.00. The molecule has 24 heavy (non-hydrogen) atoms. The zero-order valence-electron chi connectivity index (χ0n) is 13.2. The number of amides is 1. The Morgan fingerprint density at radius 3 is 2.62 bits per heavy atom. The summed E-state index contributed by atoms with van der Waals surface area (Å²) in [5.41, 5.74) is 1.21. The normalized spacial score (nSPS) is 12.8. The number of halogens is 2. The lowest BCUT2D eigenvalue weighted by atomic mass is 10.1. The number of hydrogen-bond acceptors (Lipinski definition) is 3. The van der Waals surface area contributed by atoms with Crippen LogP contribution in [-0.4, -0.2) is 30.6 Å². The van der Waals surface area contributed by atoms with Gasteiger partial charge in [0.1, 0.15) is 19.0 Å². The fraction of sp³-hybridized carbons (Fsp3) is 0.278. The molecule has 6 heteroatoms. The molecule has 0 saturated carbocycles. The van der Waals surface area contributed by atoms with Crippen molar-refractivity contribution >= 4 is 17.5 Å². The van der Waals surface area contributed by atoms with Crippen molar-refractivity contribution < 1.29 is 18.7 Å². The zero-order chi connectivity index (χ0) is 17.1. The number of rotatable bonds is 4. The van der Waals surface area contributed by atoms with E-state index >= 15 is 0 Å². The predicted molar refractivity (Wildman–Crippen MR) is 89.3 cm³/mol. The molecule has 2 aromatic carbocycles. The molecule has 0 radical (unpaired) electrons. The minimum absolute atomic E-state index is 0.112. The van der Waals surface area contributed by atoms with Gasteiger partial charge < -0.3 is 14.4 Å². The molecular weight excluding hydrogens is 333 g/mol. The van der Waals surface area contributed by atoms with Crippen LogP contribution in [0.25, 0.3) is 0 Å². The highest BCUT2D eigenvalue weighted by Crippen LogP contribution is 2.31. The average Bonchev–Trinajstić information content (AvgIpc) is 2.59. The third kappa shape index (κ3) is 3.46. The van der Waals surface area contributed by atoms with Crippen LogP contribution in [0.4, 0.5) is 4.39 Å². The molecule has 126 valence electrons. The first-order valence-corrected chi connectivity index (χ1v) is 8.09. The molecule has 0 N–H and O–H groups in total. The van der Waals surface area contributed by atoms with E-state index in [1.54, 1.807) is 4.90 Å². The highest BCUT2D eigenvalue weighted by Gasteiger charge is 2.19. The molecule has 1 aliphatic rings. The fourth-order valence-electron chi connectivity index (χ4n) is 2.57. The molecule has 3 rings (SSSR count). The number of ether oxygens (including phenoxy) is 2. The van der Waals surface area contributed by atoms with Gasteiger partial charge in [0.2, 0.25) is 0 Å². The van der Waals surface area contributed by atoms with E-state index in [0.717, 1.165) is 11.6 Å². The summed E-state index contributed by atoms with van der Waals surface area (Å²) in [6, 6.07) is 9.40. The van der Waals surface area contributed by atoms with E-state index in [4.69, 9.17) is 21.1 Å². The van der Waals surface area contributed by atoms with Gasteiger partial charge in [0.15, 0.2) is 11.5 Å². The fourth-order valence-corrected chi connectivity index (χ4v) is 2.82. The van der Waals surface area contributed by atoms with Crippen molar-refractivity contribution in [1.82, 2.24) is 4.90 Å². The molecule has 0 spiro atoms. The Morgan fingerprint density at radius 2 is 1.92 bits per heavy atom. The number of carbonyl (C=O) groups excluding carboxylic acids is 1. The number of fused-ring (bicyclic) bond motifs is 1. The van der Waals surface area contributed by atoms with Crippen molar-refractivity contribution in [2.75, 3.05) is 19.8 Å². The summed E-state index contributed by atoms with van der Waals surface area (Å²) < 4.78 is 24.2. The van der Waals surface area contributed by atoms with Crippen molar-refractivity contribution in [1.29, 1.82) is 0 Å². The van der Waals surface area contributed by atoms with Gasteiger partial charge in [-0.05, 0) is 42.8 Å². The molecule has 0 aliphatic carbocycles. The van der Waals surface area contributed by atoms with Gasteiger partial charge in [-0.1, -0.05) is 17.7 Å².